The number of rotatable bonds is 7. The minimum atomic E-state index is 0.0607. The van der Waals surface area contributed by atoms with Gasteiger partial charge in [-0.15, -0.1) is 11.3 Å². The first-order chi connectivity index (χ1) is 14.3. The summed E-state index contributed by atoms with van der Waals surface area (Å²) in [7, 11) is 0. The summed E-state index contributed by atoms with van der Waals surface area (Å²) < 4.78 is 6.78. The average Bonchev–Trinajstić information content (AvgIpc) is 3.18. The molecule has 1 fully saturated rings. The van der Waals surface area contributed by atoms with E-state index in [9.17, 15) is 4.79 Å². The van der Waals surface area contributed by atoms with E-state index in [-0.39, 0.29) is 12.5 Å². The summed E-state index contributed by atoms with van der Waals surface area (Å²) in [5.74, 6) is 0.0607. The molecule has 0 bridgehead atoms. The molecule has 1 aliphatic rings. The van der Waals surface area contributed by atoms with Gasteiger partial charge in [-0.25, -0.2) is 4.98 Å². The lowest BCUT2D eigenvalue weighted by molar-refractivity contribution is -0.138. The topological polar surface area (TPSA) is 45.7 Å². The molecule has 0 spiro atoms. The summed E-state index contributed by atoms with van der Waals surface area (Å²) in [5, 5.41) is 0.911. The second-order valence-corrected chi connectivity index (χ2v) is 8.18. The van der Waals surface area contributed by atoms with Crippen LogP contribution in [0.3, 0.4) is 0 Å². The van der Waals surface area contributed by atoms with Gasteiger partial charge in [0.2, 0.25) is 5.91 Å². The first-order valence-electron chi connectivity index (χ1n) is 9.92. The molecular formula is C23H25N3O2S. The second-order valence-electron chi connectivity index (χ2n) is 7.06. The van der Waals surface area contributed by atoms with Crippen LogP contribution in [0.5, 0.6) is 0 Å². The highest BCUT2D eigenvalue weighted by molar-refractivity contribution is 7.18. The van der Waals surface area contributed by atoms with E-state index in [4.69, 9.17) is 4.74 Å². The van der Waals surface area contributed by atoms with Crippen LogP contribution in [-0.4, -0.2) is 60.0 Å². The van der Waals surface area contributed by atoms with Gasteiger partial charge in [0.15, 0.2) is 0 Å². The molecule has 0 unspecified atom stereocenters. The van der Waals surface area contributed by atoms with E-state index in [1.165, 1.54) is 5.56 Å². The van der Waals surface area contributed by atoms with E-state index in [0.29, 0.717) is 6.61 Å². The number of hydrogen-bond acceptors (Lipinski definition) is 5. The number of carbonyl (C=O) groups is 1. The Morgan fingerprint density at radius 1 is 1.03 bits per heavy atom. The van der Waals surface area contributed by atoms with Gasteiger partial charge in [-0.2, -0.15) is 0 Å². The van der Waals surface area contributed by atoms with Crippen molar-refractivity contribution in [2.45, 2.75) is 6.61 Å². The zero-order valence-electron chi connectivity index (χ0n) is 16.4. The average molecular weight is 408 g/mol. The van der Waals surface area contributed by atoms with Crippen molar-refractivity contribution in [2.24, 2.45) is 0 Å². The Kier molecular flexibility index (Phi) is 6.67. The van der Waals surface area contributed by atoms with Crippen LogP contribution in [0.4, 0.5) is 0 Å². The highest BCUT2D eigenvalue weighted by Gasteiger charge is 2.20. The number of thiazole rings is 1. The number of fused-ring (bicyclic) bond motifs is 1. The summed E-state index contributed by atoms with van der Waals surface area (Å²) in [6.45, 7) is 4.70. The van der Waals surface area contributed by atoms with E-state index in [1.807, 2.05) is 41.3 Å². The van der Waals surface area contributed by atoms with Crippen LogP contribution in [-0.2, 0) is 16.1 Å². The molecule has 0 N–H and O–H groups in total. The maximum absolute atomic E-state index is 12.4. The Bertz CT molecular complexity index is 929. The van der Waals surface area contributed by atoms with Gasteiger partial charge >= 0.3 is 0 Å². The quantitative estimate of drug-likeness (QED) is 0.600. The second kappa shape index (κ2) is 9.78. The third kappa shape index (κ3) is 5.50. The van der Waals surface area contributed by atoms with Crippen molar-refractivity contribution in [3.05, 3.63) is 71.2 Å². The summed E-state index contributed by atoms with van der Waals surface area (Å²) in [6, 6.07) is 18.3. The molecule has 0 saturated carbocycles. The monoisotopic (exact) mass is 407 g/mol. The van der Waals surface area contributed by atoms with Crippen molar-refractivity contribution >= 4 is 33.5 Å². The molecule has 1 aliphatic heterocycles. The number of carbonyl (C=O) groups excluding carboxylic acids is 1. The Morgan fingerprint density at radius 3 is 2.59 bits per heavy atom. The van der Waals surface area contributed by atoms with Crippen LogP contribution >= 0.6 is 11.3 Å². The highest BCUT2D eigenvalue weighted by atomic mass is 32.1. The number of aromatic nitrogens is 1. The van der Waals surface area contributed by atoms with Crippen molar-refractivity contribution in [1.82, 2.24) is 14.8 Å². The van der Waals surface area contributed by atoms with Crippen molar-refractivity contribution in [2.75, 3.05) is 39.3 Å². The highest BCUT2D eigenvalue weighted by Crippen LogP contribution is 2.21. The Morgan fingerprint density at radius 2 is 1.79 bits per heavy atom. The molecule has 1 aromatic heterocycles. The predicted molar refractivity (Wildman–Crippen MR) is 118 cm³/mol. The molecule has 0 aliphatic carbocycles. The summed E-state index contributed by atoms with van der Waals surface area (Å²) >= 11 is 1.62. The third-order valence-corrected chi connectivity index (χ3v) is 6.00. The minimum Gasteiger partial charge on any atom is -0.364 e. The van der Waals surface area contributed by atoms with Crippen LogP contribution in [0.1, 0.15) is 10.6 Å². The summed E-state index contributed by atoms with van der Waals surface area (Å²) in [5.41, 5.74) is 2.20. The number of ether oxygens (including phenoxy) is 1. The van der Waals surface area contributed by atoms with Gasteiger partial charge in [-0.1, -0.05) is 54.6 Å². The molecule has 2 heterocycles. The molecule has 2 aromatic carbocycles. The van der Waals surface area contributed by atoms with E-state index in [1.54, 1.807) is 11.3 Å². The Hall–Kier alpha value is -2.54. The molecule has 0 atom stereocenters. The van der Waals surface area contributed by atoms with Crippen LogP contribution in [0.25, 0.3) is 16.3 Å². The SMILES string of the molecule is O=C(COCc1nc2ccccc2s1)N1CCN(CC=Cc2ccccc2)CC1. The molecule has 1 saturated heterocycles. The zero-order valence-corrected chi connectivity index (χ0v) is 17.2. The van der Waals surface area contributed by atoms with Gasteiger partial charge in [0, 0.05) is 32.7 Å². The molecule has 150 valence electrons. The number of nitrogens with zero attached hydrogens (tertiary/aromatic N) is 3. The first-order valence-corrected chi connectivity index (χ1v) is 10.7. The normalized spacial score (nSPS) is 15.4. The van der Waals surface area contributed by atoms with Gasteiger partial charge in [0.05, 0.1) is 16.8 Å². The lowest BCUT2D eigenvalue weighted by Gasteiger charge is -2.34. The first kappa shape index (κ1) is 19.8. The molecule has 6 heteroatoms. The number of hydrogen-bond donors (Lipinski definition) is 0. The summed E-state index contributed by atoms with van der Waals surface area (Å²) in [6.07, 6.45) is 4.33. The fraction of sp³-hybridized carbons (Fsp3) is 0.304. The number of benzene rings is 2. The van der Waals surface area contributed by atoms with Gasteiger partial charge < -0.3 is 9.64 Å². The van der Waals surface area contributed by atoms with Crippen LogP contribution in [0.2, 0.25) is 0 Å². The lowest BCUT2D eigenvalue weighted by atomic mass is 10.2. The molecule has 5 nitrogen and oxygen atoms in total. The van der Waals surface area contributed by atoms with Crippen molar-refractivity contribution < 1.29 is 9.53 Å². The maximum atomic E-state index is 12.4. The number of amides is 1. The van der Waals surface area contributed by atoms with E-state index < -0.39 is 0 Å². The zero-order chi connectivity index (χ0) is 19.9. The molecular weight excluding hydrogens is 382 g/mol. The molecule has 0 radical (unpaired) electrons. The molecule has 1 amide bonds. The largest absolute Gasteiger partial charge is 0.364 e. The summed E-state index contributed by atoms with van der Waals surface area (Å²) in [4.78, 5) is 21.2. The molecule has 4 rings (SSSR count). The van der Waals surface area contributed by atoms with Gasteiger partial charge in [0.25, 0.3) is 0 Å². The minimum absolute atomic E-state index is 0.0607. The Labute approximate surface area is 175 Å². The Balaban J connectivity index is 1.16. The number of piperazine rings is 1. The van der Waals surface area contributed by atoms with Gasteiger partial charge in [-0.05, 0) is 17.7 Å². The fourth-order valence-corrected chi connectivity index (χ4v) is 4.29. The van der Waals surface area contributed by atoms with Crippen LogP contribution in [0, 0.1) is 0 Å². The van der Waals surface area contributed by atoms with E-state index in [0.717, 1.165) is 47.9 Å². The van der Waals surface area contributed by atoms with Gasteiger partial charge in [0.1, 0.15) is 11.6 Å². The smallest absolute Gasteiger partial charge is 0.248 e. The van der Waals surface area contributed by atoms with E-state index in [2.05, 4.69) is 40.2 Å². The van der Waals surface area contributed by atoms with Gasteiger partial charge in [-0.3, -0.25) is 9.69 Å². The third-order valence-electron chi connectivity index (χ3n) is 4.99. The fourth-order valence-electron chi connectivity index (χ4n) is 3.38. The standard InChI is InChI=1S/C23H25N3O2S/c27-23(18-28-17-22-24-20-10-4-5-11-21(20)29-22)26-15-13-25(14-16-26)12-6-9-19-7-2-1-3-8-19/h1-11H,12-18H2. The molecule has 29 heavy (non-hydrogen) atoms. The van der Waals surface area contributed by atoms with Crippen molar-refractivity contribution in [3.8, 4) is 0 Å². The van der Waals surface area contributed by atoms with Crippen molar-refractivity contribution in [3.63, 3.8) is 0 Å². The van der Waals surface area contributed by atoms with Crippen LogP contribution in [0.15, 0.2) is 60.7 Å². The molecule has 3 aromatic rings. The maximum Gasteiger partial charge on any atom is 0.248 e. The number of para-hydroxylation sites is 1. The predicted octanol–water partition coefficient (Wildman–Crippen LogP) is 3.67. The van der Waals surface area contributed by atoms with E-state index >= 15 is 0 Å². The van der Waals surface area contributed by atoms with Crippen molar-refractivity contribution in [1.29, 1.82) is 0 Å². The van der Waals surface area contributed by atoms with Crippen LogP contribution < -0.4 is 0 Å². The lowest BCUT2D eigenvalue weighted by Crippen LogP contribution is -2.49.